The van der Waals surface area contributed by atoms with E-state index in [1.807, 2.05) is 42.3 Å². The number of likely N-dealkylation sites (tertiary alicyclic amines) is 1. The number of carboxylic acid groups (broad SMARTS) is 1. The summed E-state index contributed by atoms with van der Waals surface area (Å²) in [5, 5.41) is 11.8. The third kappa shape index (κ3) is 6.29. The van der Waals surface area contributed by atoms with E-state index in [-0.39, 0.29) is 12.5 Å². The topological polar surface area (TPSA) is 72.9 Å². The van der Waals surface area contributed by atoms with Crippen molar-refractivity contribution in [1.29, 1.82) is 0 Å². The van der Waals surface area contributed by atoms with Crippen LogP contribution >= 0.6 is 0 Å². The maximum atomic E-state index is 12.0. The summed E-state index contributed by atoms with van der Waals surface area (Å²) in [6, 6.07) is 9.80. The van der Waals surface area contributed by atoms with Crippen LogP contribution in [0, 0.1) is 0 Å². The van der Waals surface area contributed by atoms with Gasteiger partial charge in [-0.05, 0) is 51.5 Å². The Bertz CT molecular complexity index is 536. The number of amides is 1. The summed E-state index contributed by atoms with van der Waals surface area (Å²) in [4.78, 5) is 27.1. The van der Waals surface area contributed by atoms with Crippen LogP contribution < -0.4 is 5.32 Å². The van der Waals surface area contributed by atoms with E-state index in [0.717, 1.165) is 44.6 Å². The van der Waals surface area contributed by atoms with Gasteiger partial charge in [-0.25, -0.2) is 0 Å². The Hall–Kier alpha value is -1.92. The number of benzene rings is 1. The number of anilines is 1. The second-order valence-corrected chi connectivity index (χ2v) is 6.40. The lowest BCUT2D eigenvalue weighted by molar-refractivity contribution is -0.138. The van der Waals surface area contributed by atoms with Gasteiger partial charge >= 0.3 is 5.97 Å². The number of nitrogens with zero attached hydrogens (tertiary/aromatic N) is 2. The van der Waals surface area contributed by atoms with E-state index in [1.165, 1.54) is 0 Å². The number of nitrogens with one attached hydrogen (secondary N) is 1. The van der Waals surface area contributed by atoms with Crippen LogP contribution in [0.2, 0.25) is 0 Å². The van der Waals surface area contributed by atoms with E-state index in [9.17, 15) is 9.59 Å². The molecule has 0 saturated carbocycles. The number of carboxylic acids is 1. The lowest BCUT2D eigenvalue weighted by Gasteiger charge is -2.25. The fourth-order valence-electron chi connectivity index (χ4n) is 3.15. The molecule has 2 rings (SSSR count). The second-order valence-electron chi connectivity index (χ2n) is 6.40. The maximum absolute atomic E-state index is 12.0. The number of rotatable bonds is 7. The van der Waals surface area contributed by atoms with Crippen molar-refractivity contribution in [3.05, 3.63) is 30.3 Å². The van der Waals surface area contributed by atoms with Crippen molar-refractivity contribution in [1.82, 2.24) is 9.80 Å². The van der Waals surface area contributed by atoms with E-state index in [4.69, 9.17) is 5.11 Å². The van der Waals surface area contributed by atoms with E-state index >= 15 is 0 Å². The van der Waals surface area contributed by atoms with Gasteiger partial charge in [0.15, 0.2) is 0 Å². The number of hydrogen-bond acceptors (Lipinski definition) is 4. The number of para-hydroxylation sites is 1. The Balaban J connectivity index is 1.72. The second kappa shape index (κ2) is 9.39. The fraction of sp³-hybridized carbons (Fsp3) is 0.556. The molecule has 2 N–H and O–H groups in total. The van der Waals surface area contributed by atoms with E-state index in [1.54, 1.807) is 0 Å². The Morgan fingerprint density at radius 1 is 1.25 bits per heavy atom. The molecule has 0 aromatic heterocycles. The van der Waals surface area contributed by atoms with E-state index in [2.05, 4.69) is 10.2 Å². The number of hydrogen-bond donors (Lipinski definition) is 2. The van der Waals surface area contributed by atoms with Gasteiger partial charge in [-0.15, -0.1) is 0 Å². The summed E-state index contributed by atoms with van der Waals surface area (Å²) in [5.41, 5.74) is 0.828. The van der Waals surface area contributed by atoms with Crippen LogP contribution in [0.1, 0.15) is 25.7 Å². The SMILES string of the molecule is CN(CC(=O)O)C1CCCN(CCC(=O)Nc2ccccc2)CC1. The van der Waals surface area contributed by atoms with Crippen molar-refractivity contribution in [2.45, 2.75) is 31.7 Å². The van der Waals surface area contributed by atoms with Gasteiger partial charge in [0, 0.05) is 24.7 Å². The highest BCUT2D eigenvalue weighted by atomic mass is 16.4. The molecule has 1 aliphatic rings. The van der Waals surface area contributed by atoms with Crippen molar-refractivity contribution in [3.8, 4) is 0 Å². The lowest BCUT2D eigenvalue weighted by atomic mass is 10.1. The first-order valence-electron chi connectivity index (χ1n) is 8.54. The molecule has 0 aliphatic carbocycles. The molecule has 1 aliphatic heterocycles. The molecule has 1 aromatic rings. The third-order valence-electron chi connectivity index (χ3n) is 4.51. The zero-order valence-electron chi connectivity index (χ0n) is 14.3. The Labute approximate surface area is 143 Å². The molecule has 6 nitrogen and oxygen atoms in total. The van der Waals surface area contributed by atoms with Gasteiger partial charge in [0.05, 0.1) is 6.54 Å². The fourth-order valence-corrected chi connectivity index (χ4v) is 3.15. The summed E-state index contributed by atoms with van der Waals surface area (Å²) in [7, 11) is 1.88. The van der Waals surface area contributed by atoms with Gasteiger partial charge in [0.25, 0.3) is 0 Å². The van der Waals surface area contributed by atoms with Gasteiger partial charge in [-0.3, -0.25) is 14.5 Å². The van der Waals surface area contributed by atoms with E-state index in [0.29, 0.717) is 12.5 Å². The average molecular weight is 333 g/mol. The Kier molecular flexibility index (Phi) is 7.21. The molecular weight excluding hydrogens is 306 g/mol. The van der Waals surface area contributed by atoms with Crippen LogP contribution in [-0.4, -0.2) is 66.1 Å². The van der Waals surface area contributed by atoms with Crippen LogP contribution in [-0.2, 0) is 9.59 Å². The first kappa shape index (κ1) is 18.4. The van der Waals surface area contributed by atoms with Gasteiger partial charge in [-0.2, -0.15) is 0 Å². The molecule has 132 valence electrons. The quantitative estimate of drug-likeness (QED) is 0.797. The van der Waals surface area contributed by atoms with Crippen molar-refractivity contribution < 1.29 is 14.7 Å². The lowest BCUT2D eigenvalue weighted by Crippen LogP contribution is -2.36. The van der Waals surface area contributed by atoms with Crippen molar-refractivity contribution in [3.63, 3.8) is 0 Å². The maximum Gasteiger partial charge on any atom is 0.317 e. The summed E-state index contributed by atoms with van der Waals surface area (Å²) in [6.45, 7) is 2.71. The normalized spacial score (nSPS) is 19.0. The van der Waals surface area contributed by atoms with Crippen LogP contribution in [0.3, 0.4) is 0 Å². The third-order valence-corrected chi connectivity index (χ3v) is 4.51. The minimum Gasteiger partial charge on any atom is -0.480 e. The molecule has 1 fully saturated rings. The number of carbonyl (C=O) groups is 2. The number of carbonyl (C=O) groups excluding carboxylic acids is 1. The van der Waals surface area contributed by atoms with Crippen LogP contribution in [0.25, 0.3) is 0 Å². The van der Waals surface area contributed by atoms with Gasteiger partial charge in [0.2, 0.25) is 5.91 Å². The molecule has 6 heteroatoms. The van der Waals surface area contributed by atoms with E-state index < -0.39 is 5.97 Å². The summed E-state index contributed by atoms with van der Waals surface area (Å²) < 4.78 is 0. The van der Waals surface area contributed by atoms with Gasteiger partial charge in [-0.1, -0.05) is 18.2 Å². The minimum absolute atomic E-state index is 0.0324. The molecule has 1 aromatic carbocycles. The molecule has 24 heavy (non-hydrogen) atoms. The zero-order valence-corrected chi connectivity index (χ0v) is 14.3. The van der Waals surface area contributed by atoms with Crippen molar-refractivity contribution in [2.75, 3.05) is 38.5 Å². The van der Waals surface area contributed by atoms with Gasteiger partial charge < -0.3 is 15.3 Å². The number of likely N-dealkylation sites (N-methyl/N-ethyl adjacent to an activating group) is 1. The Morgan fingerprint density at radius 2 is 2.00 bits per heavy atom. The molecular formula is C18H27N3O3. The highest BCUT2D eigenvalue weighted by molar-refractivity contribution is 5.90. The summed E-state index contributed by atoms with van der Waals surface area (Å²) in [5.74, 6) is -0.749. The smallest absolute Gasteiger partial charge is 0.317 e. The largest absolute Gasteiger partial charge is 0.480 e. The minimum atomic E-state index is -0.781. The molecule has 1 unspecified atom stereocenters. The zero-order chi connectivity index (χ0) is 17.4. The molecule has 1 heterocycles. The Morgan fingerprint density at radius 3 is 2.71 bits per heavy atom. The highest BCUT2D eigenvalue weighted by Crippen LogP contribution is 2.16. The molecule has 0 radical (unpaired) electrons. The highest BCUT2D eigenvalue weighted by Gasteiger charge is 2.21. The summed E-state index contributed by atoms with van der Waals surface area (Å²) >= 11 is 0. The van der Waals surface area contributed by atoms with Crippen molar-refractivity contribution >= 4 is 17.6 Å². The molecule has 1 amide bonds. The van der Waals surface area contributed by atoms with Crippen molar-refractivity contribution in [2.24, 2.45) is 0 Å². The predicted octanol–water partition coefficient (Wildman–Crippen LogP) is 1.89. The molecule has 1 saturated heterocycles. The monoisotopic (exact) mass is 333 g/mol. The van der Waals surface area contributed by atoms with Gasteiger partial charge in [0.1, 0.15) is 0 Å². The molecule has 0 spiro atoms. The van der Waals surface area contributed by atoms with Crippen LogP contribution in [0.15, 0.2) is 30.3 Å². The standard InChI is InChI=1S/C18H27N3O3/c1-20(14-18(23)24)16-8-5-11-21(12-9-16)13-10-17(22)19-15-6-3-2-4-7-15/h2-4,6-7,16H,5,8-14H2,1H3,(H,19,22)(H,23,24). The average Bonchev–Trinajstić information content (AvgIpc) is 2.79. The molecule has 1 atom stereocenters. The summed E-state index contributed by atoms with van der Waals surface area (Å²) in [6.07, 6.45) is 3.47. The van der Waals surface area contributed by atoms with Crippen LogP contribution in [0.5, 0.6) is 0 Å². The first-order valence-corrected chi connectivity index (χ1v) is 8.54. The predicted molar refractivity (Wildman–Crippen MR) is 94.0 cm³/mol. The molecule has 0 bridgehead atoms. The van der Waals surface area contributed by atoms with Crippen LogP contribution in [0.4, 0.5) is 5.69 Å². The number of aliphatic carboxylic acids is 1. The first-order chi connectivity index (χ1) is 11.5.